The number of allylic oxidation sites excluding steroid dienone is 2. The van der Waals surface area contributed by atoms with Crippen LogP contribution >= 0.6 is 0 Å². The number of hydroxylamine groups is 2. The van der Waals surface area contributed by atoms with Gasteiger partial charge in [0.15, 0.2) is 0 Å². The van der Waals surface area contributed by atoms with E-state index in [9.17, 15) is 5.21 Å². The Balaban J connectivity index is 1.73. The van der Waals surface area contributed by atoms with Crippen LogP contribution in [0.4, 0.5) is 0 Å². The molecule has 1 N–H and O–H groups in total. The molecule has 1 aromatic carbocycles. The summed E-state index contributed by atoms with van der Waals surface area (Å²) in [4.78, 5) is 4.69. The quantitative estimate of drug-likeness (QED) is 0.798. The molecule has 0 spiro atoms. The molecule has 0 bridgehead atoms. The Labute approximate surface area is 161 Å². The number of fused-ring (bicyclic) bond motifs is 1. The van der Waals surface area contributed by atoms with Gasteiger partial charge in [-0.3, -0.25) is 4.98 Å². The largest absolute Gasteiger partial charge is 0.314 e. The monoisotopic (exact) mass is 358 g/mol. The normalized spacial score (nSPS) is 24.6. The fourth-order valence-electron chi connectivity index (χ4n) is 4.48. The van der Waals surface area contributed by atoms with E-state index in [1.165, 1.54) is 16.2 Å². The van der Waals surface area contributed by atoms with Crippen LogP contribution in [0.25, 0.3) is 22.9 Å². The number of aryl methyl sites for hydroxylation is 1. The van der Waals surface area contributed by atoms with Gasteiger partial charge in [-0.05, 0) is 42.2 Å². The Hall–Kier alpha value is -2.49. The molecule has 3 nitrogen and oxygen atoms in total. The maximum atomic E-state index is 10.2. The van der Waals surface area contributed by atoms with Crippen LogP contribution in [0.3, 0.4) is 0 Å². The highest BCUT2D eigenvalue weighted by molar-refractivity contribution is 5.84. The van der Waals surface area contributed by atoms with Gasteiger partial charge in [0.25, 0.3) is 0 Å². The van der Waals surface area contributed by atoms with Crippen LogP contribution in [-0.2, 0) is 0 Å². The summed E-state index contributed by atoms with van der Waals surface area (Å²) in [5, 5.41) is 11.8. The zero-order chi connectivity index (χ0) is 19.0. The zero-order valence-electron chi connectivity index (χ0n) is 16.0. The number of benzene rings is 1. The number of hydrogen-bond acceptors (Lipinski definition) is 3. The fraction of sp³-hybridized carbons (Fsp3) is 0.292. The summed E-state index contributed by atoms with van der Waals surface area (Å²) < 4.78 is 0. The van der Waals surface area contributed by atoms with E-state index in [-0.39, 0.29) is 6.04 Å². The molecule has 1 aromatic heterocycles. The molecule has 1 saturated heterocycles. The SMILES string of the molecule is C=Cc1ccc(-c2ncccc2C2=CC3CN(O)C(CC)C3C=C2)cc1C. The van der Waals surface area contributed by atoms with Crippen molar-refractivity contribution in [1.29, 1.82) is 0 Å². The molecule has 4 rings (SSSR count). The Kier molecular flexibility index (Phi) is 4.81. The highest BCUT2D eigenvalue weighted by Crippen LogP contribution is 2.40. The molecular formula is C24H26N2O. The van der Waals surface area contributed by atoms with Gasteiger partial charge in [-0.2, -0.15) is 5.06 Å². The lowest BCUT2D eigenvalue weighted by Gasteiger charge is -2.23. The second-order valence-corrected chi connectivity index (χ2v) is 7.50. The second-order valence-electron chi connectivity index (χ2n) is 7.50. The van der Waals surface area contributed by atoms with Gasteiger partial charge in [-0.15, -0.1) is 0 Å². The van der Waals surface area contributed by atoms with Gasteiger partial charge in [0, 0.05) is 41.7 Å². The first-order chi connectivity index (χ1) is 13.1. The average molecular weight is 358 g/mol. The third-order valence-electron chi connectivity index (χ3n) is 5.91. The first-order valence-corrected chi connectivity index (χ1v) is 9.66. The van der Waals surface area contributed by atoms with Crippen LogP contribution in [0.1, 0.15) is 30.0 Å². The molecule has 27 heavy (non-hydrogen) atoms. The number of aromatic nitrogens is 1. The summed E-state index contributed by atoms with van der Waals surface area (Å²) in [6, 6.07) is 10.7. The zero-order valence-corrected chi connectivity index (χ0v) is 16.0. The minimum Gasteiger partial charge on any atom is -0.314 e. The van der Waals surface area contributed by atoms with Crippen molar-refractivity contribution in [3.8, 4) is 11.3 Å². The minimum absolute atomic E-state index is 0.214. The van der Waals surface area contributed by atoms with Crippen molar-refractivity contribution in [2.45, 2.75) is 26.3 Å². The third kappa shape index (κ3) is 3.18. The van der Waals surface area contributed by atoms with Crippen molar-refractivity contribution in [1.82, 2.24) is 10.0 Å². The van der Waals surface area contributed by atoms with Crippen LogP contribution in [0.15, 0.2) is 61.3 Å². The van der Waals surface area contributed by atoms with E-state index in [1.54, 1.807) is 0 Å². The number of pyridine rings is 1. The van der Waals surface area contributed by atoms with Gasteiger partial charge >= 0.3 is 0 Å². The predicted molar refractivity (Wildman–Crippen MR) is 111 cm³/mol. The molecular weight excluding hydrogens is 332 g/mol. The summed E-state index contributed by atoms with van der Waals surface area (Å²) in [5.74, 6) is 0.732. The van der Waals surface area contributed by atoms with Gasteiger partial charge in [-0.1, -0.05) is 56.0 Å². The first-order valence-electron chi connectivity index (χ1n) is 9.66. The van der Waals surface area contributed by atoms with E-state index < -0.39 is 0 Å². The van der Waals surface area contributed by atoms with Gasteiger partial charge in [0.2, 0.25) is 0 Å². The standard InChI is InChI=1S/C24H26N2O/c1-4-17-8-9-19(13-16(17)3)24-22(7-6-12-25-24)18-10-11-21-20(14-18)15-26(27)23(21)5-2/h4,6-14,20-21,23,27H,1,5,15H2,2-3H3. The molecule has 1 aliphatic carbocycles. The lowest BCUT2D eigenvalue weighted by molar-refractivity contribution is -0.107. The van der Waals surface area contributed by atoms with E-state index in [2.05, 4.69) is 62.9 Å². The van der Waals surface area contributed by atoms with Crippen LogP contribution in [0, 0.1) is 18.8 Å². The van der Waals surface area contributed by atoms with Gasteiger partial charge in [-0.25, -0.2) is 0 Å². The lowest BCUT2D eigenvalue weighted by atomic mass is 9.82. The van der Waals surface area contributed by atoms with E-state index in [0.717, 1.165) is 28.8 Å². The van der Waals surface area contributed by atoms with Crippen molar-refractivity contribution in [3.05, 3.63) is 78.0 Å². The highest BCUT2D eigenvalue weighted by Gasteiger charge is 2.39. The van der Waals surface area contributed by atoms with Gasteiger partial charge < -0.3 is 5.21 Å². The van der Waals surface area contributed by atoms with E-state index in [4.69, 9.17) is 4.98 Å². The molecule has 138 valence electrons. The van der Waals surface area contributed by atoms with Crippen molar-refractivity contribution >= 4 is 11.6 Å². The molecule has 1 aliphatic heterocycles. The lowest BCUT2D eigenvalue weighted by Crippen LogP contribution is -2.28. The molecule has 0 amide bonds. The van der Waals surface area contributed by atoms with Crippen molar-refractivity contribution in [2.75, 3.05) is 6.54 Å². The molecule has 0 radical (unpaired) electrons. The number of hydrogen-bond donors (Lipinski definition) is 1. The molecule has 1 fully saturated rings. The van der Waals surface area contributed by atoms with Gasteiger partial charge in [0.05, 0.1) is 5.69 Å². The topological polar surface area (TPSA) is 36.4 Å². The van der Waals surface area contributed by atoms with E-state index >= 15 is 0 Å². The second kappa shape index (κ2) is 7.26. The van der Waals surface area contributed by atoms with Crippen molar-refractivity contribution < 1.29 is 5.21 Å². The summed E-state index contributed by atoms with van der Waals surface area (Å²) in [7, 11) is 0. The van der Waals surface area contributed by atoms with E-state index in [0.29, 0.717) is 18.4 Å². The average Bonchev–Trinajstić information content (AvgIpc) is 3.01. The van der Waals surface area contributed by atoms with Crippen LogP contribution in [0.2, 0.25) is 0 Å². The Bertz CT molecular complexity index is 928. The van der Waals surface area contributed by atoms with Crippen LogP contribution in [-0.4, -0.2) is 27.8 Å². The highest BCUT2D eigenvalue weighted by atomic mass is 16.5. The predicted octanol–water partition coefficient (Wildman–Crippen LogP) is 5.37. The van der Waals surface area contributed by atoms with Crippen molar-refractivity contribution in [3.63, 3.8) is 0 Å². The van der Waals surface area contributed by atoms with E-state index in [1.807, 2.05) is 18.3 Å². The summed E-state index contributed by atoms with van der Waals surface area (Å²) in [6.07, 6.45) is 11.5. The Morgan fingerprint density at radius 1 is 1.33 bits per heavy atom. The number of rotatable bonds is 4. The minimum atomic E-state index is 0.214. The molecule has 0 saturated carbocycles. The van der Waals surface area contributed by atoms with Crippen molar-refractivity contribution in [2.24, 2.45) is 11.8 Å². The Morgan fingerprint density at radius 2 is 2.19 bits per heavy atom. The summed E-state index contributed by atoms with van der Waals surface area (Å²) >= 11 is 0. The molecule has 2 heterocycles. The van der Waals surface area contributed by atoms with Gasteiger partial charge in [0.1, 0.15) is 0 Å². The fourth-order valence-corrected chi connectivity index (χ4v) is 4.48. The maximum Gasteiger partial charge on any atom is 0.0780 e. The first kappa shape index (κ1) is 17.9. The van der Waals surface area contributed by atoms with Crippen LogP contribution in [0.5, 0.6) is 0 Å². The molecule has 3 unspecified atom stereocenters. The number of nitrogens with zero attached hydrogens (tertiary/aromatic N) is 2. The molecule has 2 aliphatic rings. The molecule has 2 aromatic rings. The maximum absolute atomic E-state index is 10.2. The van der Waals surface area contributed by atoms with Crippen LogP contribution < -0.4 is 0 Å². The summed E-state index contributed by atoms with van der Waals surface area (Å²) in [5.41, 5.74) is 6.79. The smallest absolute Gasteiger partial charge is 0.0780 e. The molecule has 3 heteroatoms. The Morgan fingerprint density at radius 3 is 2.93 bits per heavy atom. The molecule has 3 atom stereocenters. The summed E-state index contributed by atoms with van der Waals surface area (Å²) in [6.45, 7) is 8.81. The third-order valence-corrected chi connectivity index (χ3v) is 5.91.